The summed E-state index contributed by atoms with van der Waals surface area (Å²) in [4.78, 5) is 24.7. The zero-order valence-electron chi connectivity index (χ0n) is 12.0. The van der Waals surface area contributed by atoms with Crippen molar-refractivity contribution >= 4 is 13.4 Å². The molecule has 2 rings (SSSR count). The second kappa shape index (κ2) is 6.45. The van der Waals surface area contributed by atoms with Gasteiger partial charge in [-0.3, -0.25) is 13.7 Å². The van der Waals surface area contributed by atoms with E-state index in [1.165, 1.54) is 19.4 Å². The number of methoxy groups -OCH3 is 1. The third kappa shape index (κ3) is 3.72. The molecule has 1 aromatic heterocycles. The van der Waals surface area contributed by atoms with E-state index in [1.54, 1.807) is 0 Å². The Balaban J connectivity index is 2.30. The molecular weight excluding hydrogens is 317 g/mol. The third-order valence-electron chi connectivity index (χ3n) is 3.08. The van der Waals surface area contributed by atoms with Gasteiger partial charge >= 0.3 is 13.3 Å². The lowest BCUT2D eigenvalue weighted by Gasteiger charge is -2.21. The Morgan fingerprint density at radius 1 is 1.59 bits per heavy atom. The minimum atomic E-state index is -3.87. The zero-order valence-corrected chi connectivity index (χ0v) is 12.9. The molecule has 10 nitrogen and oxygen atoms in total. The minimum Gasteiger partial charge on any atom is -0.386 e. The molecule has 1 aliphatic heterocycles. The number of hydrogen-bond acceptors (Lipinski definition) is 8. The van der Waals surface area contributed by atoms with E-state index < -0.39 is 37.8 Å². The SMILES string of the molecule is COC[C@H]1O[C@@H](n2ccc(N)nc2=O)C(O)[C@H]1OP(C)(=O)O. The molecule has 0 radical (unpaired) electrons. The molecule has 0 amide bonds. The van der Waals surface area contributed by atoms with Crippen molar-refractivity contribution in [1.82, 2.24) is 9.55 Å². The Kier molecular flexibility index (Phi) is 5.00. The largest absolute Gasteiger partial charge is 0.386 e. The molecule has 1 aromatic rings. The van der Waals surface area contributed by atoms with Crippen molar-refractivity contribution in [3.63, 3.8) is 0 Å². The van der Waals surface area contributed by atoms with Crippen molar-refractivity contribution in [3.8, 4) is 0 Å². The monoisotopic (exact) mass is 335 g/mol. The molecular formula is C11H18N3O7P. The second-order valence-electron chi connectivity index (χ2n) is 4.93. The standard InChI is InChI=1S/C11H18N3O7P/c1-19-5-6-9(21-22(2,17)18)8(15)10(20-6)14-4-3-7(12)13-11(14)16/h3-4,6,8-10,15H,5H2,1-2H3,(H,17,18)(H2,12,13,16)/t6-,8?,9+,10-/m1/s1. The normalized spacial score (nSPS) is 31.1. The number of aliphatic hydroxyl groups excluding tert-OH is 1. The quantitative estimate of drug-likeness (QED) is 0.572. The summed E-state index contributed by atoms with van der Waals surface area (Å²) in [5.74, 6) is 0.0309. The van der Waals surface area contributed by atoms with Gasteiger partial charge in [0.15, 0.2) is 6.23 Å². The molecule has 0 spiro atoms. The third-order valence-corrected chi connectivity index (χ3v) is 3.72. The summed E-state index contributed by atoms with van der Waals surface area (Å²) in [5, 5.41) is 10.3. The predicted octanol–water partition coefficient (Wildman–Crippen LogP) is -1.07. The van der Waals surface area contributed by atoms with Crippen molar-refractivity contribution in [3.05, 3.63) is 22.7 Å². The van der Waals surface area contributed by atoms with E-state index in [4.69, 9.17) is 19.7 Å². The van der Waals surface area contributed by atoms with E-state index in [0.29, 0.717) is 0 Å². The van der Waals surface area contributed by atoms with Crippen molar-refractivity contribution < 1.29 is 28.6 Å². The Morgan fingerprint density at radius 3 is 2.82 bits per heavy atom. The molecule has 5 atom stereocenters. The molecule has 0 bridgehead atoms. The lowest BCUT2D eigenvalue weighted by Crippen LogP contribution is -2.37. The van der Waals surface area contributed by atoms with Crippen LogP contribution < -0.4 is 11.4 Å². The topological polar surface area (TPSA) is 146 Å². The van der Waals surface area contributed by atoms with Crippen LogP contribution >= 0.6 is 7.60 Å². The predicted molar refractivity (Wildman–Crippen MR) is 75.3 cm³/mol. The number of nitrogen functional groups attached to an aromatic ring is 1. The number of anilines is 1. The van der Waals surface area contributed by atoms with E-state index in [0.717, 1.165) is 11.2 Å². The maximum atomic E-state index is 11.8. The summed E-state index contributed by atoms with van der Waals surface area (Å²) < 4.78 is 27.9. The number of hydrogen-bond donors (Lipinski definition) is 3. The number of rotatable bonds is 5. The lowest BCUT2D eigenvalue weighted by atomic mass is 10.1. The first-order valence-electron chi connectivity index (χ1n) is 6.38. The van der Waals surface area contributed by atoms with E-state index in [-0.39, 0.29) is 12.4 Å². The van der Waals surface area contributed by atoms with Crippen LogP contribution in [0.15, 0.2) is 17.1 Å². The Bertz CT molecular complexity index is 630. The molecule has 4 N–H and O–H groups in total. The first-order chi connectivity index (χ1) is 10.2. The Morgan fingerprint density at radius 2 is 2.27 bits per heavy atom. The zero-order chi connectivity index (χ0) is 16.5. The summed E-state index contributed by atoms with van der Waals surface area (Å²) >= 11 is 0. The molecule has 0 aromatic carbocycles. The summed E-state index contributed by atoms with van der Waals surface area (Å²) in [6, 6.07) is 1.37. The van der Waals surface area contributed by atoms with Gasteiger partial charge in [-0.15, -0.1) is 0 Å². The van der Waals surface area contributed by atoms with Crippen LogP contribution in [0.3, 0.4) is 0 Å². The van der Waals surface area contributed by atoms with E-state index in [2.05, 4.69) is 4.98 Å². The number of ether oxygens (including phenoxy) is 2. The molecule has 0 aliphatic carbocycles. The van der Waals surface area contributed by atoms with Crippen LogP contribution in [0.2, 0.25) is 0 Å². The maximum absolute atomic E-state index is 11.8. The molecule has 1 aliphatic rings. The molecule has 0 saturated carbocycles. The molecule has 22 heavy (non-hydrogen) atoms. The highest BCUT2D eigenvalue weighted by Crippen LogP contribution is 2.44. The van der Waals surface area contributed by atoms with Crippen molar-refractivity contribution in [1.29, 1.82) is 0 Å². The number of nitrogens with two attached hydrogens (primary N) is 1. The second-order valence-corrected chi connectivity index (χ2v) is 6.74. The van der Waals surface area contributed by atoms with E-state index in [9.17, 15) is 19.4 Å². The summed E-state index contributed by atoms with van der Waals surface area (Å²) in [6.45, 7) is 1.00. The van der Waals surface area contributed by atoms with Gasteiger partial charge in [0, 0.05) is 20.0 Å². The van der Waals surface area contributed by atoms with Crippen LogP contribution in [0.5, 0.6) is 0 Å². The Hall–Kier alpha value is -1.29. The highest BCUT2D eigenvalue weighted by atomic mass is 31.2. The first-order valence-corrected chi connectivity index (χ1v) is 8.41. The van der Waals surface area contributed by atoms with Gasteiger partial charge in [0.1, 0.15) is 24.1 Å². The number of nitrogens with zero attached hydrogens (tertiary/aromatic N) is 2. The van der Waals surface area contributed by atoms with Crippen LogP contribution in [0, 0.1) is 0 Å². The molecule has 1 saturated heterocycles. The van der Waals surface area contributed by atoms with Crippen molar-refractivity contribution in [2.45, 2.75) is 24.5 Å². The highest BCUT2D eigenvalue weighted by molar-refractivity contribution is 7.51. The fraction of sp³-hybridized carbons (Fsp3) is 0.636. The summed E-state index contributed by atoms with van der Waals surface area (Å²) in [7, 11) is -2.47. The van der Waals surface area contributed by atoms with Crippen LogP contribution in [0.25, 0.3) is 0 Å². The van der Waals surface area contributed by atoms with Crippen molar-refractivity contribution in [2.75, 3.05) is 26.1 Å². The van der Waals surface area contributed by atoms with E-state index in [1.807, 2.05) is 0 Å². The van der Waals surface area contributed by atoms with Crippen LogP contribution in [-0.4, -0.2) is 58.2 Å². The maximum Gasteiger partial charge on any atom is 0.351 e. The molecule has 1 fully saturated rings. The fourth-order valence-corrected chi connectivity index (χ4v) is 2.94. The molecule has 2 heterocycles. The number of aliphatic hydroxyl groups is 1. The fourth-order valence-electron chi connectivity index (χ4n) is 2.22. The summed E-state index contributed by atoms with van der Waals surface area (Å²) in [5.41, 5.74) is 4.69. The van der Waals surface area contributed by atoms with Crippen LogP contribution in [-0.2, 0) is 18.6 Å². The van der Waals surface area contributed by atoms with Gasteiger partial charge in [0.25, 0.3) is 0 Å². The lowest BCUT2D eigenvalue weighted by molar-refractivity contribution is -0.0606. The average Bonchev–Trinajstić information content (AvgIpc) is 2.67. The van der Waals surface area contributed by atoms with Gasteiger partial charge < -0.3 is 25.2 Å². The van der Waals surface area contributed by atoms with Gasteiger partial charge in [-0.1, -0.05) is 0 Å². The van der Waals surface area contributed by atoms with Crippen LogP contribution in [0.1, 0.15) is 6.23 Å². The molecule has 124 valence electrons. The summed E-state index contributed by atoms with van der Waals surface area (Å²) in [6.07, 6.45) is -3.12. The Labute approximate surface area is 126 Å². The van der Waals surface area contributed by atoms with Gasteiger partial charge in [0.2, 0.25) is 0 Å². The molecule has 2 unspecified atom stereocenters. The highest BCUT2D eigenvalue weighted by Gasteiger charge is 2.47. The van der Waals surface area contributed by atoms with Crippen molar-refractivity contribution in [2.24, 2.45) is 0 Å². The van der Waals surface area contributed by atoms with Gasteiger partial charge in [0.05, 0.1) is 6.61 Å². The minimum absolute atomic E-state index is 0.00930. The average molecular weight is 335 g/mol. The first kappa shape index (κ1) is 17.1. The van der Waals surface area contributed by atoms with E-state index >= 15 is 0 Å². The van der Waals surface area contributed by atoms with Gasteiger partial charge in [-0.05, 0) is 6.07 Å². The number of aromatic nitrogens is 2. The molecule has 11 heteroatoms. The van der Waals surface area contributed by atoms with Crippen LogP contribution in [0.4, 0.5) is 5.82 Å². The smallest absolute Gasteiger partial charge is 0.351 e. The van der Waals surface area contributed by atoms with Gasteiger partial charge in [-0.25, -0.2) is 4.79 Å². The van der Waals surface area contributed by atoms with Gasteiger partial charge in [-0.2, -0.15) is 4.98 Å².